The molecule has 0 saturated heterocycles. The second-order valence-electron chi connectivity index (χ2n) is 3.22. The third kappa shape index (κ3) is 1.46. The van der Waals surface area contributed by atoms with Gasteiger partial charge in [0.15, 0.2) is 0 Å². The van der Waals surface area contributed by atoms with Gasteiger partial charge in [0.25, 0.3) is 0 Å². The lowest BCUT2D eigenvalue weighted by molar-refractivity contribution is -0.136. The van der Waals surface area contributed by atoms with Gasteiger partial charge in [0.05, 0.1) is 12.1 Å². The Morgan fingerprint density at radius 3 is 3.07 bits per heavy atom. The summed E-state index contributed by atoms with van der Waals surface area (Å²) in [6, 6.07) is 3.86. The van der Waals surface area contributed by atoms with Crippen molar-refractivity contribution >= 4 is 11.6 Å². The fourth-order valence-electron chi connectivity index (χ4n) is 1.44. The highest BCUT2D eigenvalue weighted by atomic mass is 16.4. The number of nitrogens with zero attached hydrogens (tertiary/aromatic N) is 2. The SMILES string of the molecule is Cc1cccn2cc(CC(=O)O)nc12. The van der Waals surface area contributed by atoms with Crippen molar-refractivity contribution < 1.29 is 9.90 Å². The number of fused-ring (bicyclic) bond motifs is 1. The van der Waals surface area contributed by atoms with E-state index in [1.165, 1.54) is 0 Å². The van der Waals surface area contributed by atoms with Crippen LogP contribution in [-0.4, -0.2) is 20.5 Å². The van der Waals surface area contributed by atoms with Gasteiger partial charge in [-0.1, -0.05) is 6.07 Å². The second-order valence-corrected chi connectivity index (χ2v) is 3.22. The normalized spacial score (nSPS) is 10.6. The van der Waals surface area contributed by atoms with Crippen LogP contribution in [0, 0.1) is 6.92 Å². The van der Waals surface area contributed by atoms with E-state index < -0.39 is 5.97 Å². The summed E-state index contributed by atoms with van der Waals surface area (Å²) < 4.78 is 1.84. The Labute approximate surface area is 80.8 Å². The molecular weight excluding hydrogens is 180 g/mol. The van der Waals surface area contributed by atoms with E-state index >= 15 is 0 Å². The molecule has 1 N–H and O–H groups in total. The fraction of sp³-hybridized carbons (Fsp3) is 0.200. The maximum absolute atomic E-state index is 10.5. The highest BCUT2D eigenvalue weighted by molar-refractivity contribution is 5.70. The predicted octanol–water partition coefficient (Wildman–Crippen LogP) is 1.27. The van der Waals surface area contributed by atoms with Crippen LogP contribution in [0.4, 0.5) is 0 Å². The molecule has 0 fully saturated rings. The Bertz CT molecular complexity index is 488. The third-order valence-corrected chi connectivity index (χ3v) is 2.06. The van der Waals surface area contributed by atoms with Crippen molar-refractivity contribution in [1.82, 2.24) is 9.38 Å². The molecule has 0 atom stereocenters. The van der Waals surface area contributed by atoms with Gasteiger partial charge in [-0.05, 0) is 18.6 Å². The molecule has 14 heavy (non-hydrogen) atoms. The Morgan fingerprint density at radius 1 is 1.64 bits per heavy atom. The van der Waals surface area contributed by atoms with Crippen molar-refractivity contribution in [1.29, 1.82) is 0 Å². The number of aliphatic carboxylic acids is 1. The Morgan fingerprint density at radius 2 is 2.43 bits per heavy atom. The Balaban J connectivity index is 2.51. The maximum atomic E-state index is 10.5. The smallest absolute Gasteiger partial charge is 0.309 e. The summed E-state index contributed by atoms with van der Waals surface area (Å²) in [5, 5.41) is 8.61. The minimum absolute atomic E-state index is 0.0267. The van der Waals surface area contributed by atoms with Gasteiger partial charge >= 0.3 is 5.97 Å². The summed E-state index contributed by atoms with van der Waals surface area (Å²) in [5.74, 6) is -0.856. The van der Waals surface area contributed by atoms with E-state index in [0.717, 1.165) is 11.2 Å². The summed E-state index contributed by atoms with van der Waals surface area (Å²) >= 11 is 0. The lowest BCUT2D eigenvalue weighted by Gasteiger charge is -1.93. The summed E-state index contributed by atoms with van der Waals surface area (Å²) in [5.41, 5.74) is 2.46. The number of carbonyl (C=O) groups is 1. The molecule has 0 amide bonds. The van der Waals surface area contributed by atoms with Crippen molar-refractivity contribution in [3.05, 3.63) is 35.8 Å². The Kier molecular flexibility index (Phi) is 1.96. The largest absolute Gasteiger partial charge is 0.481 e. The van der Waals surface area contributed by atoms with E-state index in [-0.39, 0.29) is 6.42 Å². The average Bonchev–Trinajstić information content (AvgIpc) is 2.47. The van der Waals surface area contributed by atoms with Crippen molar-refractivity contribution in [2.45, 2.75) is 13.3 Å². The molecule has 0 saturated carbocycles. The maximum Gasteiger partial charge on any atom is 0.309 e. The number of rotatable bonds is 2. The summed E-state index contributed by atoms with van der Waals surface area (Å²) in [4.78, 5) is 14.7. The van der Waals surface area contributed by atoms with Crippen LogP contribution in [0.25, 0.3) is 5.65 Å². The van der Waals surface area contributed by atoms with Crippen molar-refractivity contribution in [3.8, 4) is 0 Å². The van der Waals surface area contributed by atoms with E-state index in [2.05, 4.69) is 4.98 Å². The lowest BCUT2D eigenvalue weighted by atomic mass is 10.3. The molecule has 0 radical (unpaired) electrons. The van der Waals surface area contributed by atoms with Gasteiger partial charge in [-0.25, -0.2) is 4.98 Å². The van der Waals surface area contributed by atoms with E-state index in [1.54, 1.807) is 6.20 Å². The molecule has 2 heterocycles. The van der Waals surface area contributed by atoms with E-state index in [4.69, 9.17) is 5.11 Å². The fourth-order valence-corrected chi connectivity index (χ4v) is 1.44. The van der Waals surface area contributed by atoms with E-state index in [0.29, 0.717) is 5.69 Å². The van der Waals surface area contributed by atoms with Gasteiger partial charge < -0.3 is 9.51 Å². The number of aryl methyl sites for hydroxylation is 1. The van der Waals surface area contributed by atoms with Gasteiger partial charge in [0.1, 0.15) is 5.65 Å². The standard InChI is InChI=1S/C10H10N2O2/c1-7-3-2-4-12-6-8(5-9(13)14)11-10(7)12/h2-4,6H,5H2,1H3,(H,13,14). The number of hydrogen-bond acceptors (Lipinski definition) is 2. The van der Waals surface area contributed by atoms with Gasteiger partial charge in [-0.3, -0.25) is 4.79 Å². The molecule has 0 spiro atoms. The van der Waals surface area contributed by atoms with Crippen LogP contribution < -0.4 is 0 Å². The molecule has 0 aliphatic heterocycles. The number of carboxylic acids is 1. The zero-order chi connectivity index (χ0) is 10.1. The predicted molar refractivity (Wildman–Crippen MR) is 51.3 cm³/mol. The zero-order valence-corrected chi connectivity index (χ0v) is 7.77. The first-order valence-electron chi connectivity index (χ1n) is 4.32. The monoisotopic (exact) mass is 190 g/mol. The molecule has 4 nitrogen and oxygen atoms in total. The lowest BCUT2D eigenvalue weighted by Crippen LogP contribution is -1.99. The zero-order valence-electron chi connectivity index (χ0n) is 7.77. The summed E-state index contributed by atoms with van der Waals surface area (Å²) in [6.45, 7) is 1.95. The molecule has 0 bridgehead atoms. The van der Waals surface area contributed by atoms with Gasteiger partial charge in [-0.15, -0.1) is 0 Å². The average molecular weight is 190 g/mol. The molecule has 0 aromatic carbocycles. The second kappa shape index (κ2) is 3.14. The van der Waals surface area contributed by atoms with E-state index in [1.807, 2.05) is 29.7 Å². The summed E-state index contributed by atoms with van der Waals surface area (Å²) in [7, 11) is 0. The van der Waals surface area contributed by atoms with Crippen LogP contribution in [0.2, 0.25) is 0 Å². The minimum Gasteiger partial charge on any atom is -0.481 e. The molecule has 4 heteroatoms. The molecule has 72 valence electrons. The molecular formula is C10H10N2O2. The van der Waals surface area contributed by atoms with Crippen molar-refractivity contribution in [2.24, 2.45) is 0 Å². The van der Waals surface area contributed by atoms with Crippen molar-refractivity contribution in [2.75, 3.05) is 0 Å². The molecule has 2 rings (SSSR count). The first-order chi connectivity index (χ1) is 6.66. The van der Waals surface area contributed by atoms with E-state index in [9.17, 15) is 4.79 Å². The van der Waals surface area contributed by atoms with Gasteiger partial charge in [-0.2, -0.15) is 0 Å². The molecule has 2 aromatic heterocycles. The Hall–Kier alpha value is -1.84. The number of pyridine rings is 1. The van der Waals surface area contributed by atoms with Crippen LogP contribution in [-0.2, 0) is 11.2 Å². The number of hydrogen-bond donors (Lipinski definition) is 1. The highest BCUT2D eigenvalue weighted by Gasteiger charge is 2.06. The molecule has 0 aliphatic rings. The van der Waals surface area contributed by atoms with Crippen LogP contribution in [0.15, 0.2) is 24.5 Å². The highest BCUT2D eigenvalue weighted by Crippen LogP contribution is 2.09. The van der Waals surface area contributed by atoms with Gasteiger partial charge in [0.2, 0.25) is 0 Å². The third-order valence-electron chi connectivity index (χ3n) is 2.06. The van der Waals surface area contributed by atoms with Crippen LogP contribution in [0.1, 0.15) is 11.3 Å². The minimum atomic E-state index is -0.856. The topological polar surface area (TPSA) is 54.6 Å². The first kappa shape index (κ1) is 8.74. The molecule has 0 aliphatic carbocycles. The van der Waals surface area contributed by atoms with Crippen LogP contribution in [0.5, 0.6) is 0 Å². The molecule has 0 unspecified atom stereocenters. The summed E-state index contributed by atoms with van der Waals surface area (Å²) in [6.07, 6.45) is 3.58. The first-order valence-corrected chi connectivity index (χ1v) is 4.32. The van der Waals surface area contributed by atoms with Crippen molar-refractivity contribution in [3.63, 3.8) is 0 Å². The number of aromatic nitrogens is 2. The van der Waals surface area contributed by atoms with Gasteiger partial charge in [0, 0.05) is 12.4 Å². The number of imidazole rings is 1. The van der Waals surface area contributed by atoms with Crippen LogP contribution in [0.3, 0.4) is 0 Å². The quantitative estimate of drug-likeness (QED) is 0.775. The van der Waals surface area contributed by atoms with Crippen LogP contribution >= 0.6 is 0 Å². The number of carboxylic acid groups (broad SMARTS) is 1. The molecule has 2 aromatic rings.